The average molecular weight is 371 g/mol. The largest absolute Gasteiger partial charge is 0.496 e. The number of piperazine rings is 1. The number of ether oxygens (including phenoxy) is 1. The van der Waals surface area contributed by atoms with Crippen LogP contribution in [0.5, 0.6) is 5.75 Å². The predicted molar refractivity (Wildman–Crippen MR) is 96.5 cm³/mol. The number of methoxy groups -OCH3 is 1. The van der Waals surface area contributed by atoms with Gasteiger partial charge in [0, 0.05) is 26.2 Å². The van der Waals surface area contributed by atoms with Gasteiger partial charge in [-0.2, -0.15) is 0 Å². The van der Waals surface area contributed by atoms with Gasteiger partial charge < -0.3 is 24.3 Å². The van der Waals surface area contributed by atoms with E-state index >= 15 is 0 Å². The molecule has 0 spiro atoms. The number of furan rings is 1. The van der Waals surface area contributed by atoms with Crippen molar-refractivity contribution < 1.29 is 23.5 Å². The molecule has 8 heteroatoms. The minimum absolute atomic E-state index is 0.108. The van der Waals surface area contributed by atoms with E-state index in [4.69, 9.17) is 9.15 Å². The Hall–Kier alpha value is -3.29. The second-order valence-corrected chi connectivity index (χ2v) is 6.03. The smallest absolute Gasteiger partial charge is 0.289 e. The van der Waals surface area contributed by atoms with Crippen molar-refractivity contribution in [1.29, 1.82) is 0 Å². The molecule has 1 aromatic heterocycles. The van der Waals surface area contributed by atoms with Crippen LogP contribution in [-0.2, 0) is 4.79 Å². The molecule has 2 aromatic rings. The maximum absolute atomic E-state index is 12.4. The van der Waals surface area contributed by atoms with Crippen LogP contribution in [0.15, 0.2) is 47.1 Å². The van der Waals surface area contributed by atoms with Crippen molar-refractivity contribution in [3.63, 3.8) is 0 Å². The fourth-order valence-corrected chi connectivity index (χ4v) is 2.91. The lowest BCUT2D eigenvalue weighted by Crippen LogP contribution is -2.52. The van der Waals surface area contributed by atoms with Gasteiger partial charge in [-0.1, -0.05) is 12.1 Å². The Kier molecular flexibility index (Phi) is 5.75. The number of nitrogens with zero attached hydrogens (tertiary/aromatic N) is 2. The Morgan fingerprint density at radius 1 is 1.04 bits per heavy atom. The van der Waals surface area contributed by atoms with E-state index in [1.807, 2.05) is 0 Å². The topological polar surface area (TPSA) is 92.1 Å². The van der Waals surface area contributed by atoms with Gasteiger partial charge in [0.1, 0.15) is 5.75 Å². The third-order valence-electron chi connectivity index (χ3n) is 4.40. The summed E-state index contributed by atoms with van der Waals surface area (Å²) in [6.45, 7) is 1.56. The van der Waals surface area contributed by atoms with Crippen LogP contribution in [0, 0.1) is 0 Å². The second-order valence-electron chi connectivity index (χ2n) is 6.03. The van der Waals surface area contributed by atoms with Crippen molar-refractivity contribution in [2.24, 2.45) is 0 Å². The molecule has 1 aliphatic rings. The van der Waals surface area contributed by atoms with E-state index in [9.17, 15) is 14.4 Å². The average Bonchev–Trinajstić information content (AvgIpc) is 3.26. The first-order valence-corrected chi connectivity index (χ1v) is 8.62. The molecule has 3 amide bonds. The van der Waals surface area contributed by atoms with Crippen LogP contribution in [-0.4, -0.2) is 67.4 Å². The standard InChI is InChI=1S/C19H21N3O5/c1-26-15-6-3-2-5-14(15)18(24)20-13-17(23)21-8-10-22(11-9-21)19(25)16-7-4-12-27-16/h2-7,12H,8-11,13H2,1H3,(H,20,24). The zero-order valence-electron chi connectivity index (χ0n) is 15.0. The molecule has 1 fully saturated rings. The molecule has 0 aliphatic carbocycles. The second kappa shape index (κ2) is 8.39. The van der Waals surface area contributed by atoms with Crippen LogP contribution in [0.2, 0.25) is 0 Å². The van der Waals surface area contributed by atoms with Crippen molar-refractivity contribution in [3.8, 4) is 5.75 Å². The first kappa shape index (κ1) is 18.5. The van der Waals surface area contributed by atoms with Gasteiger partial charge in [0.15, 0.2) is 5.76 Å². The van der Waals surface area contributed by atoms with Crippen molar-refractivity contribution >= 4 is 17.7 Å². The number of benzene rings is 1. The summed E-state index contributed by atoms with van der Waals surface area (Å²) in [5.74, 6) is -0.00120. The predicted octanol–water partition coefficient (Wildman–Crippen LogP) is 1.00. The zero-order valence-corrected chi connectivity index (χ0v) is 15.0. The molecule has 2 heterocycles. The Balaban J connectivity index is 1.48. The van der Waals surface area contributed by atoms with E-state index in [0.29, 0.717) is 43.3 Å². The third-order valence-corrected chi connectivity index (χ3v) is 4.40. The van der Waals surface area contributed by atoms with Gasteiger partial charge in [0.2, 0.25) is 5.91 Å². The van der Waals surface area contributed by atoms with Gasteiger partial charge in [-0.25, -0.2) is 0 Å². The highest BCUT2D eigenvalue weighted by Gasteiger charge is 2.26. The summed E-state index contributed by atoms with van der Waals surface area (Å²) in [6, 6.07) is 10.1. The molecule has 8 nitrogen and oxygen atoms in total. The van der Waals surface area contributed by atoms with E-state index in [2.05, 4.69) is 5.32 Å². The summed E-state index contributed by atoms with van der Waals surface area (Å²) < 4.78 is 10.3. The molecule has 142 valence electrons. The van der Waals surface area contributed by atoms with Crippen molar-refractivity contribution in [1.82, 2.24) is 15.1 Å². The number of amides is 3. The van der Waals surface area contributed by atoms with Crippen molar-refractivity contribution in [2.75, 3.05) is 39.8 Å². The summed E-state index contributed by atoms with van der Waals surface area (Å²) >= 11 is 0. The molecule has 1 saturated heterocycles. The summed E-state index contributed by atoms with van der Waals surface area (Å²) in [4.78, 5) is 40.1. The Bertz CT molecular complexity index is 811. The normalized spacial score (nSPS) is 14.0. The van der Waals surface area contributed by atoms with Crippen LogP contribution in [0.3, 0.4) is 0 Å². The molecule has 1 N–H and O–H groups in total. The quantitative estimate of drug-likeness (QED) is 0.847. The number of para-hydroxylation sites is 1. The van der Waals surface area contributed by atoms with Gasteiger partial charge in [-0.3, -0.25) is 14.4 Å². The molecule has 0 saturated carbocycles. The van der Waals surface area contributed by atoms with Crippen molar-refractivity contribution in [3.05, 3.63) is 54.0 Å². The van der Waals surface area contributed by atoms with Crippen LogP contribution in [0.25, 0.3) is 0 Å². The van der Waals surface area contributed by atoms with Crippen LogP contribution < -0.4 is 10.1 Å². The lowest BCUT2D eigenvalue weighted by atomic mass is 10.2. The monoisotopic (exact) mass is 371 g/mol. The molecule has 0 radical (unpaired) electrons. The minimum Gasteiger partial charge on any atom is -0.496 e. The lowest BCUT2D eigenvalue weighted by Gasteiger charge is -2.34. The van der Waals surface area contributed by atoms with Gasteiger partial charge in [0.05, 0.1) is 25.5 Å². The number of carbonyl (C=O) groups excluding carboxylic acids is 3. The molecular formula is C19H21N3O5. The minimum atomic E-state index is -0.368. The van der Waals surface area contributed by atoms with E-state index in [-0.39, 0.29) is 24.3 Å². The maximum atomic E-state index is 12.4. The van der Waals surface area contributed by atoms with Crippen LogP contribution >= 0.6 is 0 Å². The van der Waals surface area contributed by atoms with E-state index in [1.54, 1.807) is 46.2 Å². The van der Waals surface area contributed by atoms with Gasteiger partial charge >= 0.3 is 0 Å². The Morgan fingerprint density at radius 3 is 2.41 bits per heavy atom. The SMILES string of the molecule is COc1ccccc1C(=O)NCC(=O)N1CCN(C(=O)c2ccco2)CC1. The van der Waals surface area contributed by atoms with E-state index < -0.39 is 0 Å². The first-order valence-electron chi connectivity index (χ1n) is 8.62. The van der Waals surface area contributed by atoms with Gasteiger partial charge in [-0.05, 0) is 24.3 Å². The van der Waals surface area contributed by atoms with E-state index in [1.165, 1.54) is 13.4 Å². The third kappa shape index (κ3) is 4.28. The van der Waals surface area contributed by atoms with Gasteiger partial charge in [0.25, 0.3) is 11.8 Å². The van der Waals surface area contributed by atoms with Gasteiger partial charge in [-0.15, -0.1) is 0 Å². The molecule has 0 atom stereocenters. The fraction of sp³-hybridized carbons (Fsp3) is 0.316. The number of carbonyl (C=O) groups is 3. The molecule has 0 unspecified atom stereocenters. The first-order chi connectivity index (χ1) is 13.1. The van der Waals surface area contributed by atoms with E-state index in [0.717, 1.165) is 0 Å². The Labute approximate surface area is 156 Å². The number of hydrogen-bond donors (Lipinski definition) is 1. The molecule has 1 aromatic carbocycles. The number of rotatable bonds is 5. The molecular weight excluding hydrogens is 350 g/mol. The number of hydrogen-bond acceptors (Lipinski definition) is 5. The summed E-state index contributed by atoms with van der Waals surface area (Å²) in [7, 11) is 1.49. The van der Waals surface area contributed by atoms with Crippen molar-refractivity contribution in [2.45, 2.75) is 0 Å². The molecule has 1 aliphatic heterocycles. The molecule has 3 rings (SSSR count). The summed E-state index contributed by atoms with van der Waals surface area (Å²) in [5.41, 5.74) is 0.377. The highest BCUT2D eigenvalue weighted by molar-refractivity contribution is 5.98. The molecule has 0 bridgehead atoms. The fourth-order valence-electron chi connectivity index (χ4n) is 2.91. The Morgan fingerprint density at radius 2 is 1.74 bits per heavy atom. The summed E-state index contributed by atoms with van der Waals surface area (Å²) in [6.07, 6.45) is 1.46. The highest BCUT2D eigenvalue weighted by atomic mass is 16.5. The van der Waals surface area contributed by atoms with Crippen LogP contribution in [0.1, 0.15) is 20.9 Å². The summed E-state index contributed by atoms with van der Waals surface area (Å²) in [5, 5.41) is 2.62. The number of nitrogens with one attached hydrogen (secondary N) is 1. The maximum Gasteiger partial charge on any atom is 0.289 e. The highest BCUT2D eigenvalue weighted by Crippen LogP contribution is 2.16. The molecule has 27 heavy (non-hydrogen) atoms. The van der Waals surface area contributed by atoms with Crippen LogP contribution in [0.4, 0.5) is 0 Å². The lowest BCUT2D eigenvalue weighted by molar-refractivity contribution is -0.131. The zero-order chi connectivity index (χ0) is 19.2.